The molecule has 1 heterocycles. The van der Waals surface area contributed by atoms with Crippen LogP contribution in [0.15, 0.2) is 22.7 Å². The van der Waals surface area contributed by atoms with Crippen molar-refractivity contribution in [3.8, 4) is 11.4 Å². The van der Waals surface area contributed by atoms with Gasteiger partial charge in [0.1, 0.15) is 11.4 Å². The molecule has 0 fully saturated rings. The van der Waals surface area contributed by atoms with Gasteiger partial charge in [-0.2, -0.15) is 0 Å². The van der Waals surface area contributed by atoms with E-state index in [0.29, 0.717) is 11.5 Å². The monoisotopic (exact) mass is 349 g/mol. The van der Waals surface area contributed by atoms with Crippen LogP contribution >= 0.6 is 15.9 Å². The summed E-state index contributed by atoms with van der Waals surface area (Å²) >= 11 is 3.49. The summed E-state index contributed by atoms with van der Waals surface area (Å²) < 4.78 is 5.85. The van der Waals surface area contributed by atoms with Gasteiger partial charge >= 0.3 is 5.97 Å². The summed E-state index contributed by atoms with van der Waals surface area (Å²) in [5.74, 6) is 0.107. The molecule has 21 heavy (non-hydrogen) atoms. The van der Waals surface area contributed by atoms with Gasteiger partial charge in [0.05, 0.1) is 12.3 Å². The summed E-state index contributed by atoms with van der Waals surface area (Å²) in [5, 5.41) is 0. The summed E-state index contributed by atoms with van der Waals surface area (Å²) in [4.78, 5) is 20.5. The number of rotatable bonds is 3. The van der Waals surface area contributed by atoms with E-state index in [1.54, 1.807) is 13.8 Å². The number of nitrogen functional groups attached to an aromatic ring is 1. The Hall–Kier alpha value is -1.95. The Bertz CT molecular complexity index is 678. The largest absolute Gasteiger partial charge is 0.462 e. The van der Waals surface area contributed by atoms with Crippen LogP contribution in [0, 0.1) is 13.8 Å². The Kier molecular flexibility index (Phi) is 4.57. The van der Waals surface area contributed by atoms with Crippen molar-refractivity contribution >= 4 is 27.7 Å². The van der Waals surface area contributed by atoms with Gasteiger partial charge in [0.2, 0.25) is 0 Å². The second-order valence-electron chi connectivity index (χ2n) is 4.60. The van der Waals surface area contributed by atoms with E-state index in [1.807, 2.05) is 25.1 Å². The molecule has 0 saturated carbocycles. The summed E-state index contributed by atoms with van der Waals surface area (Å²) in [6.45, 7) is 5.74. The van der Waals surface area contributed by atoms with E-state index < -0.39 is 5.97 Å². The predicted molar refractivity (Wildman–Crippen MR) is 85.0 cm³/mol. The lowest BCUT2D eigenvalue weighted by molar-refractivity contribution is 0.0526. The maximum Gasteiger partial charge on any atom is 0.343 e. The van der Waals surface area contributed by atoms with E-state index in [1.165, 1.54) is 0 Å². The fourth-order valence-electron chi connectivity index (χ4n) is 1.97. The Morgan fingerprint density at radius 1 is 1.33 bits per heavy atom. The number of benzene rings is 1. The fraction of sp³-hybridized carbons (Fsp3) is 0.267. The average molecular weight is 350 g/mol. The van der Waals surface area contributed by atoms with E-state index in [2.05, 4.69) is 25.9 Å². The molecule has 0 amide bonds. The van der Waals surface area contributed by atoms with Crippen LogP contribution in [0.25, 0.3) is 11.4 Å². The number of halogens is 1. The van der Waals surface area contributed by atoms with Gasteiger partial charge in [-0.3, -0.25) is 0 Å². The van der Waals surface area contributed by atoms with Crippen LogP contribution in [-0.4, -0.2) is 22.5 Å². The number of aromatic nitrogens is 2. The highest BCUT2D eigenvalue weighted by Gasteiger charge is 2.19. The molecule has 0 saturated heterocycles. The first kappa shape index (κ1) is 15.4. The van der Waals surface area contributed by atoms with Gasteiger partial charge < -0.3 is 10.5 Å². The molecule has 5 nitrogen and oxygen atoms in total. The molecule has 1 aromatic carbocycles. The fourth-order valence-corrected chi connectivity index (χ4v) is 2.64. The van der Waals surface area contributed by atoms with Crippen LogP contribution in [0.1, 0.15) is 28.5 Å². The van der Waals surface area contributed by atoms with Crippen LogP contribution in [-0.2, 0) is 4.74 Å². The zero-order valence-electron chi connectivity index (χ0n) is 12.1. The number of nitrogens with zero attached hydrogens (tertiary/aromatic N) is 2. The zero-order valence-corrected chi connectivity index (χ0v) is 13.7. The molecule has 0 radical (unpaired) electrons. The molecule has 0 aliphatic carbocycles. The minimum absolute atomic E-state index is 0.128. The van der Waals surface area contributed by atoms with Crippen LogP contribution in [0.4, 0.5) is 5.82 Å². The first-order valence-corrected chi connectivity index (χ1v) is 7.31. The topological polar surface area (TPSA) is 78.1 Å². The molecule has 0 bridgehead atoms. The third-order valence-corrected chi connectivity index (χ3v) is 3.62. The van der Waals surface area contributed by atoms with E-state index in [-0.39, 0.29) is 18.0 Å². The van der Waals surface area contributed by atoms with E-state index >= 15 is 0 Å². The maximum absolute atomic E-state index is 11.9. The second kappa shape index (κ2) is 6.22. The highest BCUT2D eigenvalue weighted by atomic mass is 79.9. The number of esters is 1. The lowest BCUT2D eigenvalue weighted by atomic mass is 10.1. The second-order valence-corrected chi connectivity index (χ2v) is 5.45. The number of carbonyl (C=O) groups excluding carboxylic acids is 1. The quantitative estimate of drug-likeness (QED) is 0.860. The van der Waals surface area contributed by atoms with Crippen molar-refractivity contribution in [3.05, 3.63) is 39.5 Å². The van der Waals surface area contributed by atoms with Crippen molar-refractivity contribution in [2.45, 2.75) is 20.8 Å². The third-order valence-electron chi connectivity index (χ3n) is 2.96. The number of aryl methyl sites for hydroxylation is 2. The van der Waals surface area contributed by atoms with Gasteiger partial charge in [-0.1, -0.05) is 22.0 Å². The van der Waals surface area contributed by atoms with Gasteiger partial charge in [0, 0.05) is 10.0 Å². The Balaban J connectivity index is 2.51. The molecular formula is C15H16BrN3O2. The van der Waals surface area contributed by atoms with Crippen LogP contribution in [0.3, 0.4) is 0 Å². The molecule has 0 unspecified atom stereocenters. The van der Waals surface area contributed by atoms with Crippen molar-refractivity contribution in [2.24, 2.45) is 0 Å². The Labute approximate surface area is 131 Å². The molecule has 0 aliphatic rings. The number of anilines is 1. The number of nitrogens with two attached hydrogens (primary N) is 1. The number of carbonyl (C=O) groups is 1. The number of ether oxygens (including phenoxy) is 1. The molecule has 2 aromatic rings. The maximum atomic E-state index is 11.9. The molecule has 0 atom stereocenters. The summed E-state index contributed by atoms with van der Waals surface area (Å²) in [5.41, 5.74) is 8.58. The van der Waals surface area contributed by atoms with Gasteiger partial charge in [-0.25, -0.2) is 14.8 Å². The minimum atomic E-state index is -0.498. The first-order valence-electron chi connectivity index (χ1n) is 6.51. The van der Waals surface area contributed by atoms with Crippen molar-refractivity contribution in [1.29, 1.82) is 0 Å². The Morgan fingerprint density at radius 3 is 2.62 bits per heavy atom. The molecule has 0 spiro atoms. The van der Waals surface area contributed by atoms with Crippen molar-refractivity contribution < 1.29 is 9.53 Å². The first-order chi connectivity index (χ1) is 9.93. The third kappa shape index (κ3) is 3.21. The number of hydrogen-bond donors (Lipinski definition) is 1. The molecule has 2 rings (SSSR count). The van der Waals surface area contributed by atoms with Crippen LogP contribution in [0.5, 0.6) is 0 Å². The molecule has 6 heteroatoms. The SMILES string of the molecule is CCOC(=O)c1c(C)nc(-c2ccc(C)cc2Br)nc1N. The van der Waals surface area contributed by atoms with Crippen molar-refractivity contribution in [3.63, 3.8) is 0 Å². The summed E-state index contributed by atoms with van der Waals surface area (Å²) in [7, 11) is 0. The normalized spacial score (nSPS) is 10.5. The molecular weight excluding hydrogens is 334 g/mol. The van der Waals surface area contributed by atoms with Crippen molar-refractivity contribution in [1.82, 2.24) is 9.97 Å². The average Bonchev–Trinajstić information content (AvgIpc) is 2.37. The standard InChI is InChI=1S/C15H16BrN3O2/c1-4-21-15(20)12-9(3)18-14(19-13(12)17)10-6-5-8(2)7-11(10)16/h5-7H,4H2,1-3H3,(H2,17,18,19). The van der Waals surface area contributed by atoms with E-state index in [9.17, 15) is 4.79 Å². The highest BCUT2D eigenvalue weighted by molar-refractivity contribution is 9.10. The number of hydrogen-bond acceptors (Lipinski definition) is 5. The minimum Gasteiger partial charge on any atom is -0.462 e. The predicted octanol–water partition coefficient (Wildman–Crippen LogP) is 3.28. The summed E-state index contributed by atoms with van der Waals surface area (Å²) in [6, 6.07) is 5.86. The van der Waals surface area contributed by atoms with E-state index in [0.717, 1.165) is 15.6 Å². The zero-order chi connectivity index (χ0) is 15.6. The van der Waals surface area contributed by atoms with Gasteiger partial charge in [-0.15, -0.1) is 0 Å². The molecule has 0 aliphatic heterocycles. The lowest BCUT2D eigenvalue weighted by Crippen LogP contribution is -2.13. The van der Waals surface area contributed by atoms with Crippen LogP contribution in [0.2, 0.25) is 0 Å². The highest BCUT2D eigenvalue weighted by Crippen LogP contribution is 2.28. The summed E-state index contributed by atoms with van der Waals surface area (Å²) in [6.07, 6.45) is 0. The van der Waals surface area contributed by atoms with Crippen molar-refractivity contribution in [2.75, 3.05) is 12.3 Å². The van der Waals surface area contributed by atoms with Gasteiger partial charge in [-0.05, 0) is 38.5 Å². The molecule has 2 N–H and O–H groups in total. The van der Waals surface area contributed by atoms with Crippen LogP contribution < -0.4 is 5.73 Å². The van der Waals surface area contributed by atoms with E-state index in [4.69, 9.17) is 10.5 Å². The smallest absolute Gasteiger partial charge is 0.343 e. The molecule has 110 valence electrons. The Morgan fingerprint density at radius 2 is 2.05 bits per heavy atom. The van der Waals surface area contributed by atoms with Gasteiger partial charge in [0.25, 0.3) is 0 Å². The molecule has 1 aromatic heterocycles. The lowest BCUT2D eigenvalue weighted by Gasteiger charge is -2.11. The van der Waals surface area contributed by atoms with Gasteiger partial charge in [0.15, 0.2) is 5.82 Å².